The summed E-state index contributed by atoms with van der Waals surface area (Å²) in [6, 6.07) is 16.7. The Bertz CT molecular complexity index is 608. The summed E-state index contributed by atoms with van der Waals surface area (Å²) in [7, 11) is 0. The van der Waals surface area contributed by atoms with E-state index in [4.69, 9.17) is 0 Å². The van der Waals surface area contributed by atoms with Crippen LogP contribution in [-0.4, -0.2) is 5.78 Å². The molecule has 0 bridgehead atoms. The number of ketones is 1. The average molecular weight is 250 g/mol. The predicted octanol–water partition coefficient (Wildman–Crippen LogP) is 4.53. The molecule has 3 rings (SSSR count). The van der Waals surface area contributed by atoms with Crippen LogP contribution in [0.1, 0.15) is 59.2 Å². The Morgan fingerprint density at radius 3 is 2.37 bits per heavy atom. The van der Waals surface area contributed by atoms with Crippen molar-refractivity contribution in [3.8, 4) is 0 Å². The fraction of sp³-hybridized carbons (Fsp3) is 0.278. The van der Waals surface area contributed by atoms with Gasteiger partial charge in [-0.05, 0) is 22.6 Å². The number of Topliss-reactive ketones (excluding diaryl/α,β-unsaturated/α-hetero) is 1. The van der Waals surface area contributed by atoms with Crippen molar-refractivity contribution >= 4 is 5.78 Å². The lowest BCUT2D eigenvalue weighted by molar-refractivity contribution is 0.0991. The molecule has 1 heteroatoms. The van der Waals surface area contributed by atoms with Gasteiger partial charge in [0, 0.05) is 17.9 Å². The third-order valence-electron chi connectivity index (χ3n) is 4.03. The summed E-state index contributed by atoms with van der Waals surface area (Å²) in [6.45, 7) is 4.40. The van der Waals surface area contributed by atoms with Gasteiger partial charge in [0.25, 0.3) is 0 Å². The number of rotatable bonds is 2. The van der Waals surface area contributed by atoms with Gasteiger partial charge in [-0.15, -0.1) is 0 Å². The molecule has 0 heterocycles. The largest absolute Gasteiger partial charge is 0.294 e. The van der Waals surface area contributed by atoms with Gasteiger partial charge in [0.2, 0.25) is 0 Å². The Labute approximate surface area is 114 Å². The minimum Gasteiger partial charge on any atom is -0.294 e. The first-order chi connectivity index (χ1) is 9.16. The molecule has 0 fully saturated rings. The second kappa shape index (κ2) is 4.65. The summed E-state index contributed by atoms with van der Waals surface area (Å²) in [5.41, 5.74) is 4.69. The first-order valence-electron chi connectivity index (χ1n) is 6.89. The van der Waals surface area contributed by atoms with Crippen LogP contribution in [0.3, 0.4) is 0 Å². The number of benzene rings is 2. The normalized spacial score (nSPS) is 17.8. The van der Waals surface area contributed by atoms with Gasteiger partial charge in [-0.3, -0.25) is 4.79 Å². The number of fused-ring (bicyclic) bond motifs is 1. The standard InChI is InChI=1S/C18H18O/c1-12(2)13-7-9-14(10-8-13)17-11-18(19)16-6-4-3-5-15(16)17/h3-10,12,17H,11H2,1-2H3. The smallest absolute Gasteiger partial charge is 0.164 e. The molecule has 1 aliphatic rings. The molecule has 19 heavy (non-hydrogen) atoms. The van der Waals surface area contributed by atoms with E-state index in [2.05, 4.69) is 44.2 Å². The van der Waals surface area contributed by atoms with E-state index in [0.717, 1.165) is 5.56 Å². The molecule has 0 saturated heterocycles. The first kappa shape index (κ1) is 12.2. The molecule has 0 aromatic heterocycles. The van der Waals surface area contributed by atoms with Crippen LogP contribution in [-0.2, 0) is 0 Å². The first-order valence-corrected chi connectivity index (χ1v) is 6.89. The van der Waals surface area contributed by atoms with Crippen LogP contribution in [0.25, 0.3) is 0 Å². The highest BCUT2D eigenvalue weighted by Gasteiger charge is 2.29. The summed E-state index contributed by atoms with van der Waals surface area (Å²) in [6.07, 6.45) is 0.611. The van der Waals surface area contributed by atoms with Crippen molar-refractivity contribution in [1.82, 2.24) is 0 Å². The molecule has 2 aromatic carbocycles. The van der Waals surface area contributed by atoms with Crippen LogP contribution in [0, 0.1) is 0 Å². The maximum absolute atomic E-state index is 12.0. The molecule has 0 radical (unpaired) electrons. The Hall–Kier alpha value is -1.89. The van der Waals surface area contributed by atoms with Crippen molar-refractivity contribution in [2.45, 2.75) is 32.1 Å². The van der Waals surface area contributed by atoms with Crippen molar-refractivity contribution in [3.63, 3.8) is 0 Å². The monoisotopic (exact) mass is 250 g/mol. The highest BCUT2D eigenvalue weighted by atomic mass is 16.1. The van der Waals surface area contributed by atoms with E-state index in [1.54, 1.807) is 0 Å². The zero-order chi connectivity index (χ0) is 13.4. The van der Waals surface area contributed by atoms with Crippen molar-refractivity contribution in [1.29, 1.82) is 0 Å². The van der Waals surface area contributed by atoms with Crippen molar-refractivity contribution in [2.24, 2.45) is 0 Å². The molecule has 1 nitrogen and oxygen atoms in total. The van der Waals surface area contributed by atoms with E-state index in [9.17, 15) is 4.79 Å². The second-order valence-corrected chi connectivity index (χ2v) is 5.59. The number of hydrogen-bond acceptors (Lipinski definition) is 1. The van der Waals surface area contributed by atoms with E-state index in [0.29, 0.717) is 12.3 Å². The Balaban J connectivity index is 1.98. The zero-order valence-corrected chi connectivity index (χ0v) is 11.4. The van der Waals surface area contributed by atoms with Gasteiger partial charge >= 0.3 is 0 Å². The lowest BCUT2D eigenvalue weighted by Gasteiger charge is -2.13. The molecule has 1 aliphatic carbocycles. The predicted molar refractivity (Wildman–Crippen MR) is 77.8 cm³/mol. The van der Waals surface area contributed by atoms with Gasteiger partial charge in [-0.1, -0.05) is 62.4 Å². The lowest BCUT2D eigenvalue weighted by atomic mass is 9.91. The van der Waals surface area contributed by atoms with Gasteiger partial charge in [-0.25, -0.2) is 0 Å². The molecule has 2 aromatic rings. The van der Waals surface area contributed by atoms with Gasteiger partial charge < -0.3 is 0 Å². The summed E-state index contributed by atoms with van der Waals surface area (Å²) in [5, 5.41) is 0. The maximum atomic E-state index is 12.0. The molecule has 0 spiro atoms. The van der Waals surface area contributed by atoms with E-state index in [-0.39, 0.29) is 11.7 Å². The third kappa shape index (κ3) is 2.10. The summed E-state index contributed by atoms with van der Waals surface area (Å²) >= 11 is 0. The molecule has 1 atom stereocenters. The average Bonchev–Trinajstić information content (AvgIpc) is 2.77. The Morgan fingerprint density at radius 1 is 1.00 bits per heavy atom. The van der Waals surface area contributed by atoms with E-state index in [1.807, 2.05) is 18.2 Å². The van der Waals surface area contributed by atoms with Crippen LogP contribution in [0.2, 0.25) is 0 Å². The Morgan fingerprint density at radius 2 is 1.68 bits per heavy atom. The number of carbonyl (C=O) groups excluding carboxylic acids is 1. The Kier molecular flexibility index (Phi) is 2.98. The van der Waals surface area contributed by atoms with Crippen LogP contribution >= 0.6 is 0 Å². The highest BCUT2D eigenvalue weighted by Crippen LogP contribution is 2.38. The van der Waals surface area contributed by atoms with Gasteiger partial charge in [0.1, 0.15) is 0 Å². The van der Waals surface area contributed by atoms with E-state index in [1.165, 1.54) is 16.7 Å². The van der Waals surface area contributed by atoms with E-state index >= 15 is 0 Å². The summed E-state index contributed by atoms with van der Waals surface area (Å²) in [5.74, 6) is 1.06. The van der Waals surface area contributed by atoms with E-state index < -0.39 is 0 Å². The fourth-order valence-corrected chi connectivity index (χ4v) is 2.87. The van der Waals surface area contributed by atoms with Crippen molar-refractivity contribution in [2.75, 3.05) is 0 Å². The fourth-order valence-electron chi connectivity index (χ4n) is 2.87. The molecule has 0 amide bonds. The quantitative estimate of drug-likeness (QED) is 0.765. The number of hydrogen-bond donors (Lipinski definition) is 0. The van der Waals surface area contributed by atoms with Crippen LogP contribution in [0.4, 0.5) is 0 Å². The SMILES string of the molecule is CC(C)c1ccc(C2CC(=O)c3ccccc32)cc1. The molecular formula is C18H18O. The number of carbonyl (C=O) groups is 1. The highest BCUT2D eigenvalue weighted by molar-refractivity contribution is 6.01. The van der Waals surface area contributed by atoms with Crippen LogP contribution < -0.4 is 0 Å². The molecule has 0 aliphatic heterocycles. The maximum Gasteiger partial charge on any atom is 0.164 e. The summed E-state index contributed by atoms with van der Waals surface area (Å²) in [4.78, 5) is 12.0. The lowest BCUT2D eigenvalue weighted by Crippen LogP contribution is -1.97. The topological polar surface area (TPSA) is 17.1 Å². The molecule has 1 unspecified atom stereocenters. The van der Waals surface area contributed by atoms with Crippen LogP contribution in [0.15, 0.2) is 48.5 Å². The summed E-state index contributed by atoms with van der Waals surface area (Å²) < 4.78 is 0. The third-order valence-corrected chi connectivity index (χ3v) is 4.03. The molecular weight excluding hydrogens is 232 g/mol. The van der Waals surface area contributed by atoms with Crippen molar-refractivity contribution < 1.29 is 4.79 Å². The zero-order valence-electron chi connectivity index (χ0n) is 11.4. The molecule has 0 saturated carbocycles. The van der Waals surface area contributed by atoms with Gasteiger partial charge in [0.15, 0.2) is 5.78 Å². The minimum atomic E-state index is 0.241. The molecule has 96 valence electrons. The molecule has 0 N–H and O–H groups in total. The van der Waals surface area contributed by atoms with Gasteiger partial charge in [-0.2, -0.15) is 0 Å². The van der Waals surface area contributed by atoms with Crippen LogP contribution in [0.5, 0.6) is 0 Å². The van der Waals surface area contributed by atoms with Gasteiger partial charge in [0.05, 0.1) is 0 Å². The van der Waals surface area contributed by atoms with Crippen molar-refractivity contribution in [3.05, 3.63) is 70.8 Å². The minimum absolute atomic E-state index is 0.241. The second-order valence-electron chi connectivity index (χ2n) is 5.59.